The molecule has 3 aromatic rings. The largest absolute Gasteiger partial charge is 0.421 e. The number of hydrogen-bond donors (Lipinski definition) is 3. The summed E-state index contributed by atoms with van der Waals surface area (Å²) < 4.78 is 68.3. The number of sulfonamides is 1. The molecule has 1 fully saturated rings. The van der Waals surface area contributed by atoms with Gasteiger partial charge in [-0.2, -0.15) is 17.5 Å². The molecule has 3 N–H and O–H groups in total. The summed E-state index contributed by atoms with van der Waals surface area (Å²) in [6.45, 7) is 1.35. The van der Waals surface area contributed by atoms with Crippen LogP contribution in [0.1, 0.15) is 18.1 Å². The minimum Gasteiger partial charge on any atom is -0.399 e. The van der Waals surface area contributed by atoms with Gasteiger partial charge in [0, 0.05) is 41.9 Å². The molecule has 0 spiro atoms. The van der Waals surface area contributed by atoms with Crippen LogP contribution in [0.25, 0.3) is 0 Å². The number of anilines is 2. The van der Waals surface area contributed by atoms with Gasteiger partial charge in [-0.05, 0) is 54.8 Å². The summed E-state index contributed by atoms with van der Waals surface area (Å²) in [6.07, 6.45) is -4.31. The first-order chi connectivity index (χ1) is 17.3. The molecule has 0 radical (unpaired) electrons. The lowest BCUT2D eigenvalue weighted by atomic mass is 9.94. The third-order valence-electron chi connectivity index (χ3n) is 6.67. The highest BCUT2D eigenvalue weighted by Crippen LogP contribution is 2.39. The zero-order valence-electron chi connectivity index (χ0n) is 20.1. The summed E-state index contributed by atoms with van der Waals surface area (Å²) in [7, 11) is -3.90. The van der Waals surface area contributed by atoms with Crippen molar-refractivity contribution >= 4 is 34.0 Å². The van der Waals surface area contributed by atoms with E-state index in [-0.39, 0.29) is 29.6 Å². The third kappa shape index (κ3) is 5.59. The van der Waals surface area contributed by atoms with Crippen molar-refractivity contribution in [2.24, 2.45) is 0 Å². The zero-order chi connectivity index (χ0) is 27.0. The Kier molecular flexibility index (Phi) is 7.53. The van der Waals surface area contributed by atoms with Gasteiger partial charge in [-0.25, -0.2) is 8.42 Å². The number of piperazine rings is 1. The van der Waals surface area contributed by atoms with Crippen molar-refractivity contribution in [2.45, 2.75) is 41.0 Å². The lowest BCUT2D eigenvalue weighted by Crippen LogP contribution is -2.55. The van der Waals surface area contributed by atoms with Gasteiger partial charge in [0.05, 0.1) is 4.90 Å². The highest BCUT2D eigenvalue weighted by molar-refractivity contribution is 7.90. The maximum atomic E-state index is 13.5. The van der Waals surface area contributed by atoms with Crippen molar-refractivity contribution in [3.05, 3.63) is 83.9 Å². The Hall–Kier alpha value is -2.73. The number of nitrogens with two attached hydrogens (primary N) is 1. The predicted molar refractivity (Wildman–Crippen MR) is 140 cm³/mol. The lowest BCUT2D eigenvalue weighted by molar-refractivity contribution is -0.258. The van der Waals surface area contributed by atoms with Crippen LogP contribution in [0.2, 0.25) is 0 Å². The Bertz CT molecular complexity index is 1350. The maximum absolute atomic E-state index is 13.5. The van der Waals surface area contributed by atoms with E-state index in [1.165, 1.54) is 34.6 Å². The molecule has 11 heteroatoms. The monoisotopic (exact) mass is 551 g/mol. The highest BCUT2D eigenvalue weighted by Gasteiger charge is 2.51. The van der Waals surface area contributed by atoms with E-state index in [4.69, 9.17) is 5.73 Å². The fourth-order valence-corrected chi connectivity index (χ4v) is 6.53. The van der Waals surface area contributed by atoms with Crippen LogP contribution in [0, 0.1) is 0 Å². The van der Waals surface area contributed by atoms with Crippen molar-refractivity contribution in [1.29, 1.82) is 0 Å². The van der Waals surface area contributed by atoms with Gasteiger partial charge < -0.3 is 15.7 Å². The molecule has 4 rings (SSSR count). The quantitative estimate of drug-likeness (QED) is 0.311. The first kappa shape index (κ1) is 27.3. The molecular weight excluding hydrogens is 523 g/mol. The van der Waals surface area contributed by atoms with Crippen molar-refractivity contribution in [3.63, 3.8) is 0 Å². The average molecular weight is 552 g/mol. The molecule has 2 atom stereocenters. The number of halogens is 3. The van der Waals surface area contributed by atoms with Gasteiger partial charge >= 0.3 is 6.18 Å². The first-order valence-electron chi connectivity index (χ1n) is 11.6. The predicted octanol–water partition coefficient (Wildman–Crippen LogP) is 4.45. The molecule has 1 saturated heterocycles. The van der Waals surface area contributed by atoms with Crippen LogP contribution >= 0.6 is 12.6 Å². The molecule has 0 aliphatic carbocycles. The SMILES string of the molecule is C[C@@](O)(c1ccc(N2CCN(S(=O)(=O)c3cc(N)ccc3S)C[C@@H]2Cc2ccccc2)cc1)C(F)(F)F. The Morgan fingerprint density at radius 2 is 1.68 bits per heavy atom. The van der Waals surface area contributed by atoms with Crippen LogP contribution < -0.4 is 10.6 Å². The molecule has 1 aliphatic heterocycles. The second kappa shape index (κ2) is 10.2. The Morgan fingerprint density at radius 3 is 2.30 bits per heavy atom. The van der Waals surface area contributed by atoms with E-state index < -0.39 is 21.8 Å². The molecule has 6 nitrogen and oxygen atoms in total. The van der Waals surface area contributed by atoms with E-state index in [1.54, 1.807) is 12.1 Å². The van der Waals surface area contributed by atoms with E-state index in [0.717, 1.165) is 12.5 Å². The van der Waals surface area contributed by atoms with Crippen molar-refractivity contribution in [1.82, 2.24) is 4.31 Å². The van der Waals surface area contributed by atoms with Crippen molar-refractivity contribution < 1.29 is 26.7 Å². The van der Waals surface area contributed by atoms with Crippen molar-refractivity contribution in [2.75, 3.05) is 30.3 Å². The fourth-order valence-electron chi connectivity index (χ4n) is 4.46. The van der Waals surface area contributed by atoms with Gasteiger partial charge in [0.15, 0.2) is 5.60 Å². The van der Waals surface area contributed by atoms with Gasteiger partial charge in [0.2, 0.25) is 10.0 Å². The maximum Gasteiger partial charge on any atom is 0.421 e. The third-order valence-corrected chi connectivity index (χ3v) is 9.12. The Labute approximate surface area is 220 Å². The van der Waals surface area contributed by atoms with Gasteiger partial charge in [-0.3, -0.25) is 0 Å². The van der Waals surface area contributed by atoms with Gasteiger partial charge in [-0.1, -0.05) is 42.5 Å². The van der Waals surface area contributed by atoms with Gasteiger partial charge in [-0.15, -0.1) is 12.6 Å². The molecule has 0 bridgehead atoms. The summed E-state index contributed by atoms with van der Waals surface area (Å²) in [4.78, 5) is 2.32. The molecule has 1 heterocycles. The minimum atomic E-state index is -4.82. The zero-order valence-corrected chi connectivity index (χ0v) is 21.8. The minimum absolute atomic E-state index is 0.0291. The summed E-state index contributed by atoms with van der Waals surface area (Å²) >= 11 is 4.32. The molecule has 0 saturated carbocycles. The fraction of sp³-hybridized carbons (Fsp3) is 0.308. The first-order valence-corrected chi connectivity index (χ1v) is 13.5. The second-order valence-corrected chi connectivity index (χ2v) is 11.6. The highest BCUT2D eigenvalue weighted by atomic mass is 32.2. The Balaban J connectivity index is 1.65. The van der Waals surface area contributed by atoms with Crippen LogP contribution in [-0.2, 0) is 22.0 Å². The molecule has 37 heavy (non-hydrogen) atoms. The van der Waals surface area contributed by atoms with Crippen molar-refractivity contribution in [3.8, 4) is 0 Å². The summed E-state index contributed by atoms with van der Waals surface area (Å²) in [6, 6.07) is 19.3. The number of nitrogen functional groups attached to an aromatic ring is 1. The number of nitrogens with zero attached hydrogens (tertiary/aromatic N) is 2. The summed E-state index contributed by atoms with van der Waals surface area (Å²) in [5.41, 5.74) is 4.53. The smallest absolute Gasteiger partial charge is 0.399 e. The topological polar surface area (TPSA) is 86.9 Å². The molecule has 1 aliphatic rings. The number of hydrogen-bond acceptors (Lipinski definition) is 6. The van der Waals surface area contributed by atoms with Crippen LogP contribution in [0.15, 0.2) is 82.6 Å². The number of thiol groups is 1. The van der Waals surface area contributed by atoms with Gasteiger partial charge in [0.1, 0.15) is 0 Å². The van der Waals surface area contributed by atoms with Crippen LogP contribution in [0.3, 0.4) is 0 Å². The number of benzene rings is 3. The van der Waals surface area contributed by atoms with Crippen LogP contribution in [-0.4, -0.2) is 49.7 Å². The van der Waals surface area contributed by atoms with Crippen LogP contribution in [0.4, 0.5) is 24.5 Å². The number of aliphatic hydroxyl groups is 1. The molecule has 0 amide bonds. The lowest BCUT2D eigenvalue weighted by Gasteiger charge is -2.42. The molecule has 3 aromatic carbocycles. The number of rotatable bonds is 6. The summed E-state index contributed by atoms with van der Waals surface area (Å²) in [5.74, 6) is 0. The summed E-state index contributed by atoms with van der Waals surface area (Å²) in [5, 5.41) is 10.0. The van der Waals surface area contributed by atoms with Crippen LogP contribution in [0.5, 0.6) is 0 Å². The van der Waals surface area contributed by atoms with E-state index >= 15 is 0 Å². The van der Waals surface area contributed by atoms with Gasteiger partial charge in [0.25, 0.3) is 0 Å². The normalized spacial score (nSPS) is 19.0. The standard InChI is InChI=1S/C26H28F3N3O3S2/c1-25(33,26(27,28)29)19-7-10-21(11-8-19)32-14-13-31(17-22(32)15-18-5-3-2-4-6-18)37(34,35)24-16-20(30)9-12-23(24)36/h2-12,16,22,33,36H,13-15,17,30H2,1H3/t22-,25+/m0/s1. The number of alkyl halides is 3. The van der Waals surface area contributed by atoms with E-state index in [2.05, 4.69) is 12.6 Å². The second-order valence-electron chi connectivity index (χ2n) is 9.24. The molecular formula is C26H28F3N3O3S2. The molecule has 0 unspecified atom stereocenters. The molecule has 198 valence electrons. The van der Waals surface area contributed by atoms with E-state index in [1.807, 2.05) is 35.2 Å². The molecule has 0 aromatic heterocycles. The average Bonchev–Trinajstić information content (AvgIpc) is 2.85. The van der Waals surface area contributed by atoms with E-state index in [0.29, 0.717) is 29.2 Å². The van der Waals surface area contributed by atoms with E-state index in [9.17, 15) is 26.7 Å². The Morgan fingerprint density at radius 1 is 1.03 bits per heavy atom.